The van der Waals surface area contributed by atoms with Crippen molar-refractivity contribution in [1.82, 2.24) is 4.98 Å². The summed E-state index contributed by atoms with van der Waals surface area (Å²) in [7, 11) is 0. The van der Waals surface area contributed by atoms with Crippen molar-refractivity contribution >= 4 is 16.6 Å². The minimum Gasteiger partial charge on any atom is -0.384 e. The Morgan fingerprint density at radius 1 is 1.19 bits per heavy atom. The van der Waals surface area contributed by atoms with Crippen molar-refractivity contribution in [1.29, 1.82) is 0 Å². The molecule has 2 nitrogen and oxygen atoms in total. The van der Waals surface area contributed by atoms with Crippen LogP contribution in [0.15, 0.2) is 36.5 Å². The van der Waals surface area contributed by atoms with Crippen molar-refractivity contribution in [2.75, 3.05) is 11.9 Å². The van der Waals surface area contributed by atoms with E-state index >= 15 is 0 Å². The van der Waals surface area contributed by atoms with Gasteiger partial charge in [0.05, 0.1) is 5.52 Å². The predicted molar refractivity (Wildman–Crippen MR) is 67.6 cm³/mol. The Morgan fingerprint density at radius 2 is 2.06 bits per heavy atom. The van der Waals surface area contributed by atoms with Gasteiger partial charge >= 0.3 is 0 Å². The zero-order valence-electron chi connectivity index (χ0n) is 9.32. The molecule has 0 aliphatic heterocycles. The molecule has 16 heavy (non-hydrogen) atoms. The molecule has 0 amide bonds. The zero-order valence-corrected chi connectivity index (χ0v) is 9.32. The second-order valence-electron chi connectivity index (χ2n) is 4.55. The van der Waals surface area contributed by atoms with Crippen LogP contribution in [0.5, 0.6) is 0 Å². The van der Waals surface area contributed by atoms with Gasteiger partial charge in [-0.3, -0.25) is 4.98 Å². The summed E-state index contributed by atoms with van der Waals surface area (Å²) in [6.45, 7) is 1.11. The van der Waals surface area contributed by atoms with E-state index < -0.39 is 0 Å². The lowest BCUT2D eigenvalue weighted by molar-refractivity contribution is 0.333. The Labute approximate surface area is 95.7 Å². The van der Waals surface area contributed by atoms with E-state index in [1.165, 1.54) is 30.3 Å². The highest BCUT2D eigenvalue weighted by atomic mass is 14.9. The predicted octanol–water partition coefficient (Wildman–Crippen LogP) is 3.45. The summed E-state index contributed by atoms with van der Waals surface area (Å²) >= 11 is 0. The van der Waals surface area contributed by atoms with Crippen molar-refractivity contribution in [3.8, 4) is 0 Å². The number of aromatic nitrogens is 1. The van der Waals surface area contributed by atoms with Gasteiger partial charge in [-0.25, -0.2) is 0 Å². The van der Waals surface area contributed by atoms with Crippen LogP contribution >= 0.6 is 0 Å². The fraction of sp³-hybridized carbons (Fsp3) is 0.357. The lowest BCUT2D eigenvalue weighted by Crippen LogP contribution is -2.20. The van der Waals surface area contributed by atoms with Gasteiger partial charge < -0.3 is 5.32 Å². The fourth-order valence-corrected chi connectivity index (χ4v) is 2.20. The lowest BCUT2D eigenvalue weighted by Gasteiger charge is -2.26. The molecular weight excluding hydrogens is 196 g/mol. The van der Waals surface area contributed by atoms with Gasteiger partial charge in [0.25, 0.3) is 0 Å². The van der Waals surface area contributed by atoms with Gasteiger partial charge in [-0.05, 0) is 30.9 Å². The summed E-state index contributed by atoms with van der Waals surface area (Å²) in [5.74, 6) is 0.881. The number of benzene rings is 1. The van der Waals surface area contributed by atoms with E-state index in [1.54, 1.807) is 0 Å². The number of pyridine rings is 1. The molecule has 0 radical (unpaired) electrons. The van der Waals surface area contributed by atoms with Crippen LogP contribution in [0.4, 0.5) is 5.69 Å². The molecule has 1 aromatic heterocycles. The Bertz CT molecular complexity index is 484. The lowest BCUT2D eigenvalue weighted by atomic mass is 9.85. The normalized spacial score (nSPS) is 16.0. The van der Waals surface area contributed by atoms with Crippen LogP contribution in [0.2, 0.25) is 0 Å². The molecule has 3 rings (SSSR count). The first-order chi connectivity index (χ1) is 7.93. The van der Waals surface area contributed by atoms with E-state index in [0.717, 1.165) is 18.0 Å². The molecule has 2 aromatic rings. The van der Waals surface area contributed by atoms with Crippen molar-refractivity contribution in [2.45, 2.75) is 19.3 Å². The summed E-state index contributed by atoms with van der Waals surface area (Å²) in [4.78, 5) is 4.36. The van der Waals surface area contributed by atoms with Crippen LogP contribution in [-0.2, 0) is 0 Å². The third kappa shape index (κ3) is 1.75. The second-order valence-corrected chi connectivity index (χ2v) is 4.55. The molecule has 1 aliphatic rings. The van der Waals surface area contributed by atoms with Gasteiger partial charge in [0.15, 0.2) is 0 Å². The molecule has 1 N–H and O–H groups in total. The Kier molecular flexibility index (Phi) is 2.49. The molecule has 1 aromatic carbocycles. The van der Waals surface area contributed by atoms with Gasteiger partial charge in [-0.1, -0.05) is 24.6 Å². The smallest absolute Gasteiger partial charge is 0.0722 e. The van der Waals surface area contributed by atoms with Crippen LogP contribution in [0, 0.1) is 5.92 Å². The highest BCUT2D eigenvalue weighted by Gasteiger charge is 2.16. The van der Waals surface area contributed by atoms with E-state index in [4.69, 9.17) is 0 Å². The van der Waals surface area contributed by atoms with Gasteiger partial charge in [-0.2, -0.15) is 0 Å². The van der Waals surface area contributed by atoms with Crippen LogP contribution in [-0.4, -0.2) is 11.5 Å². The van der Waals surface area contributed by atoms with Crippen molar-refractivity contribution in [2.24, 2.45) is 5.92 Å². The summed E-state index contributed by atoms with van der Waals surface area (Å²) in [6, 6.07) is 10.4. The third-order valence-electron chi connectivity index (χ3n) is 3.45. The molecule has 82 valence electrons. The van der Waals surface area contributed by atoms with E-state index in [2.05, 4.69) is 34.6 Å². The molecule has 1 saturated carbocycles. The van der Waals surface area contributed by atoms with E-state index in [1.807, 2.05) is 12.3 Å². The topological polar surface area (TPSA) is 24.9 Å². The fourth-order valence-electron chi connectivity index (χ4n) is 2.20. The number of para-hydroxylation sites is 1. The number of hydrogen-bond donors (Lipinski definition) is 1. The largest absolute Gasteiger partial charge is 0.384 e. The van der Waals surface area contributed by atoms with Crippen molar-refractivity contribution in [3.63, 3.8) is 0 Å². The number of hydrogen-bond acceptors (Lipinski definition) is 2. The standard InChI is InChI=1S/C14H16N2/c1-2-7-13-12(6-1)14(8-9-15-13)16-10-11-4-3-5-11/h1-2,6-9,11H,3-5,10H2,(H,15,16). The van der Waals surface area contributed by atoms with Crippen LogP contribution < -0.4 is 5.32 Å². The minimum atomic E-state index is 0.881. The summed E-state index contributed by atoms with van der Waals surface area (Å²) in [5, 5.41) is 4.78. The number of fused-ring (bicyclic) bond motifs is 1. The third-order valence-corrected chi connectivity index (χ3v) is 3.45. The molecule has 2 heteroatoms. The Balaban J connectivity index is 1.84. The molecule has 1 fully saturated rings. The van der Waals surface area contributed by atoms with Crippen molar-refractivity contribution < 1.29 is 0 Å². The summed E-state index contributed by atoms with van der Waals surface area (Å²) in [5.41, 5.74) is 2.29. The summed E-state index contributed by atoms with van der Waals surface area (Å²) < 4.78 is 0. The van der Waals surface area contributed by atoms with Gasteiger partial charge in [0.2, 0.25) is 0 Å². The second kappa shape index (κ2) is 4.12. The first kappa shape index (κ1) is 9.64. The van der Waals surface area contributed by atoms with E-state index in [0.29, 0.717) is 0 Å². The molecule has 0 saturated heterocycles. The Hall–Kier alpha value is -1.57. The van der Waals surface area contributed by atoms with Crippen LogP contribution in [0.3, 0.4) is 0 Å². The number of nitrogens with zero attached hydrogens (tertiary/aromatic N) is 1. The van der Waals surface area contributed by atoms with Crippen LogP contribution in [0.25, 0.3) is 10.9 Å². The molecule has 0 atom stereocenters. The quantitative estimate of drug-likeness (QED) is 0.843. The minimum absolute atomic E-state index is 0.881. The number of anilines is 1. The average molecular weight is 212 g/mol. The number of rotatable bonds is 3. The molecule has 0 spiro atoms. The maximum absolute atomic E-state index is 4.36. The van der Waals surface area contributed by atoms with Crippen LogP contribution in [0.1, 0.15) is 19.3 Å². The first-order valence-corrected chi connectivity index (χ1v) is 6.01. The SMILES string of the molecule is c1ccc2c(NCC3CCC3)ccnc2c1. The molecule has 0 unspecified atom stereocenters. The maximum Gasteiger partial charge on any atom is 0.0722 e. The highest BCUT2D eigenvalue weighted by Crippen LogP contribution is 2.28. The van der Waals surface area contributed by atoms with Gasteiger partial charge in [-0.15, -0.1) is 0 Å². The summed E-state index contributed by atoms with van der Waals surface area (Å²) in [6.07, 6.45) is 6.06. The van der Waals surface area contributed by atoms with Crippen molar-refractivity contribution in [3.05, 3.63) is 36.5 Å². The highest BCUT2D eigenvalue weighted by molar-refractivity contribution is 5.90. The molecule has 1 aliphatic carbocycles. The van der Waals surface area contributed by atoms with E-state index in [-0.39, 0.29) is 0 Å². The first-order valence-electron chi connectivity index (χ1n) is 6.01. The Morgan fingerprint density at radius 3 is 2.88 bits per heavy atom. The number of nitrogens with one attached hydrogen (secondary N) is 1. The molecule has 0 bridgehead atoms. The zero-order chi connectivity index (χ0) is 10.8. The van der Waals surface area contributed by atoms with E-state index in [9.17, 15) is 0 Å². The molecular formula is C14H16N2. The monoisotopic (exact) mass is 212 g/mol. The maximum atomic E-state index is 4.36. The average Bonchev–Trinajstić information content (AvgIpc) is 2.27. The van der Waals surface area contributed by atoms with Gasteiger partial charge in [0.1, 0.15) is 0 Å². The molecule has 1 heterocycles. The van der Waals surface area contributed by atoms with Gasteiger partial charge in [0, 0.05) is 23.8 Å².